The number of ether oxygens (including phenoxy) is 2. The van der Waals surface area contributed by atoms with E-state index in [1.165, 1.54) is 5.56 Å². The van der Waals surface area contributed by atoms with Crippen molar-refractivity contribution in [2.24, 2.45) is 5.92 Å². The standard InChI is InChI=1S/C26H33N3O4/c1-26(2,3)33-25(31)29-14-12-19-22(17-8-6-5-7-9-17)28-21-11-10-18(16-20(21)23(19)29)24(30)27-13-15-32-4/h5-11,16,19,22-23,28H,12-15H2,1-4H3,(H,27,30)/t19-,22?,23-/m0/s1. The molecule has 2 amide bonds. The van der Waals surface area contributed by atoms with Gasteiger partial charge in [-0.3, -0.25) is 4.79 Å². The number of rotatable bonds is 5. The molecule has 2 aliphatic rings. The first kappa shape index (κ1) is 23.1. The van der Waals surface area contributed by atoms with Gasteiger partial charge in [0, 0.05) is 37.4 Å². The number of hydrogen-bond acceptors (Lipinski definition) is 5. The molecule has 2 aromatic rings. The molecule has 176 valence electrons. The van der Waals surface area contributed by atoms with E-state index in [-0.39, 0.29) is 30.0 Å². The number of amides is 2. The number of benzene rings is 2. The van der Waals surface area contributed by atoms with E-state index in [0.29, 0.717) is 25.3 Å². The number of nitrogens with one attached hydrogen (secondary N) is 2. The molecular formula is C26H33N3O4. The number of methoxy groups -OCH3 is 1. The van der Waals surface area contributed by atoms with Crippen LogP contribution in [-0.2, 0) is 9.47 Å². The van der Waals surface area contributed by atoms with Crippen molar-refractivity contribution in [3.63, 3.8) is 0 Å². The monoisotopic (exact) mass is 451 g/mol. The van der Waals surface area contributed by atoms with Crippen LogP contribution in [-0.4, -0.2) is 49.3 Å². The molecule has 0 radical (unpaired) electrons. The summed E-state index contributed by atoms with van der Waals surface area (Å²) in [6.45, 7) is 7.14. The SMILES string of the molecule is COCCNC(=O)c1ccc2c(c1)[C@@H]1[C@@H](CCN1C(=O)OC(C)(C)C)C(c1ccccc1)N2. The second-order valence-corrected chi connectivity index (χ2v) is 9.65. The normalized spacial score (nSPS) is 21.6. The Kier molecular flexibility index (Phi) is 6.61. The van der Waals surface area contributed by atoms with Gasteiger partial charge in [-0.25, -0.2) is 4.79 Å². The Morgan fingerprint density at radius 3 is 2.61 bits per heavy atom. The van der Waals surface area contributed by atoms with Gasteiger partial charge >= 0.3 is 6.09 Å². The van der Waals surface area contributed by atoms with E-state index in [0.717, 1.165) is 17.7 Å². The van der Waals surface area contributed by atoms with Crippen molar-refractivity contribution >= 4 is 17.7 Å². The van der Waals surface area contributed by atoms with Gasteiger partial charge in [-0.05, 0) is 56.5 Å². The van der Waals surface area contributed by atoms with Crippen molar-refractivity contribution in [1.82, 2.24) is 10.2 Å². The Morgan fingerprint density at radius 2 is 1.91 bits per heavy atom. The third kappa shape index (κ3) is 4.98. The molecule has 0 spiro atoms. The Hall–Kier alpha value is -3.06. The van der Waals surface area contributed by atoms with Crippen molar-refractivity contribution in [1.29, 1.82) is 0 Å². The summed E-state index contributed by atoms with van der Waals surface area (Å²) in [5.41, 5.74) is 3.07. The first-order valence-electron chi connectivity index (χ1n) is 11.5. The lowest BCUT2D eigenvalue weighted by Crippen LogP contribution is -2.40. The summed E-state index contributed by atoms with van der Waals surface area (Å²) >= 11 is 0. The minimum absolute atomic E-state index is 0.0671. The van der Waals surface area contributed by atoms with E-state index < -0.39 is 5.60 Å². The summed E-state index contributed by atoms with van der Waals surface area (Å²) in [5, 5.41) is 6.56. The summed E-state index contributed by atoms with van der Waals surface area (Å²) in [4.78, 5) is 27.7. The molecule has 0 bridgehead atoms. The molecule has 0 saturated carbocycles. The van der Waals surface area contributed by atoms with Gasteiger partial charge in [0.05, 0.1) is 18.7 Å². The van der Waals surface area contributed by atoms with E-state index in [2.05, 4.69) is 22.8 Å². The molecule has 2 aliphatic heterocycles. The first-order chi connectivity index (χ1) is 15.8. The summed E-state index contributed by atoms with van der Waals surface area (Å²) in [7, 11) is 1.60. The van der Waals surface area contributed by atoms with E-state index in [1.807, 2.05) is 62.1 Å². The minimum atomic E-state index is -0.577. The zero-order valence-corrected chi connectivity index (χ0v) is 19.8. The van der Waals surface area contributed by atoms with Crippen LogP contribution in [0.4, 0.5) is 10.5 Å². The first-order valence-corrected chi connectivity index (χ1v) is 11.5. The van der Waals surface area contributed by atoms with E-state index >= 15 is 0 Å². The van der Waals surface area contributed by atoms with Crippen LogP contribution in [0.15, 0.2) is 48.5 Å². The molecule has 2 N–H and O–H groups in total. The number of hydrogen-bond donors (Lipinski definition) is 2. The van der Waals surface area contributed by atoms with Crippen LogP contribution in [0.25, 0.3) is 0 Å². The molecule has 1 unspecified atom stereocenters. The third-order valence-electron chi connectivity index (χ3n) is 6.19. The molecule has 4 rings (SSSR count). The third-order valence-corrected chi connectivity index (χ3v) is 6.19. The molecule has 2 heterocycles. The average molecular weight is 452 g/mol. The molecule has 33 heavy (non-hydrogen) atoms. The van der Waals surface area contributed by atoms with Gasteiger partial charge in [-0.15, -0.1) is 0 Å². The summed E-state index contributed by atoms with van der Waals surface area (Å²) in [5.74, 6) is 0.0117. The van der Waals surface area contributed by atoms with Crippen molar-refractivity contribution in [3.8, 4) is 0 Å². The minimum Gasteiger partial charge on any atom is -0.444 e. The number of likely N-dealkylation sites (tertiary alicyclic amines) is 1. The van der Waals surface area contributed by atoms with Crippen LogP contribution in [0.1, 0.15) is 60.8 Å². The van der Waals surface area contributed by atoms with Gasteiger partial charge in [0.1, 0.15) is 5.60 Å². The lowest BCUT2D eigenvalue weighted by atomic mass is 9.79. The van der Waals surface area contributed by atoms with Gasteiger partial charge in [-0.1, -0.05) is 30.3 Å². The largest absolute Gasteiger partial charge is 0.444 e. The Balaban J connectivity index is 1.70. The zero-order chi connectivity index (χ0) is 23.6. The van der Waals surface area contributed by atoms with Gasteiger partial charge < -0.3 is 25.0 Å². The number of carbonyl (C=O) groups is 2. The molecule has 3 atom stereocenters. The fourth-order valence-corrected chi connectivity index (χ4v) is 4.80. The predicted molar refractivity (Wildman–Crippen MR) is 127 cm³/mol. The summed E-state index contributed by atoms with van der Waals surface area (Å²) in [6.07, 6.45) is 0.532. The molecule has 7 nitrogen and oxygen atoms in total. The average Bonchev–Trinajstić information content (AvgIpc) is 3.23. The maximum absolute atomic E-state index is 13.2. The maximum atomic E-state index is 13.2. The Labute approximate surface area is 195 Å². The van der Waals surface area contributed by atoms with Crippen LogP contribution < -0.4 is 10.6 Å². The molecular weight excluding hydrogens is 418 g/mol. The van der Waals surface area contributed by atoms with Gasteiger partial charge in [0.25, 0.3) is 5.91 Å². The van der Waals surface area contributed by atoms with Crippen LogP contribution >= 0.6 is 0 Å². The highest BCUT2D eigenvalue weighted by molar-refractivity contribution is 5.95. The molecule has 1 saturated heterocycles. The van der Waals surface area contributed by atoms with Crippen LogP contribution in [0.5, 0.6) is 0 Å². The van der Waals surface area contributed by atoms with Crippen LogP contribution in [0.3, 0.4) is 0 Å². The van der Waals surface area contributed by atoms with Crippen molar-refractivity contribution in [2.45, 2.75) is 44.9 Å². The quantitative estimate of drug-likeness (QED) is 0.653. The zero-order valence-electron chi connectivity index (χ0n) is 19.8. The lowest BCUT2D eigenvalue weighted by Gasteiger charge is -2.40. The van der Waals surface area contributed by atoms with E-state index in [1.54, 1.807) is 7.11 Å². The van der Waals surface area contributed by atoms with Crippen molar-refractivity contribution in [3.05, 3.63) is 65.2 Å². The number of fused-ring (bicyclic) bond motifs is 3. The molecule has 0 aliphatic carbocycles. The molecule has 7 heteroatoms. The highest BCUT2D eigenvalue weighted by Crippen LogP contribution is 2.51. The summed E-state index contributed by atoms with van der Waals surface area (Å²) in [6, 6.07) is 15.9. The number of anilines is 1. The van der Waals surface area contributed by atoms with Crippen molar-refractivity contribution in [2.75, 3.05) is 32.1 Å². The van der Waals surface area contributed by atoms with Crippen LogP contribution in [0.2, 0.25) is 0 Å². The number of carbonyl (C=O) groups excluding carboxylic acids is 2. The smallest absolute Gasteiger partial charge is 0.410 e. The lowest BCUT2D eigenvalue weighted by molar-refractivity contribution is 0.0198. The molecule has 2 aromatic carbocycles. The van der Waals surface area contributed by atoms with Gasteiger partial charge in [0.2, 0.25) is 0 Å². The Bertz CT molecular complexity index is 1000. The molecule has 0 aromatic heterocycles. The second kappa shape index (κ2) is 9.43. The molecule has 1 fully saturated rings. The van der Waals surface area contributed by atoms with Gasteiger partial charge in [-0.2, -0.15) is 0 Å². The van der Waals surface area contributed by atoms with Crippen LogP contribution in [0, 0.1) is 5.92 Å². The summed E-state index contributed by atoms with van der Waals surface area (Å²) < 4.78 is 10.8. The fraction of sp³-hybridized carbons (Fsp3) is 0.462. The number of nitrogens with zero attached hydrogens (tertiary/aromatic N) is 1. The van der Waals surface area contributed by atoms with Gasteiger partial charge in [0.15, 0.2) is 0 Å². The fourth-order valence-electron chi connectivity index (χ4n) is 4.80. The van der Waals surface area contributed by atoms with Crippen molar-refractivity contribution < 1.29 is 19.1 Å². The van der Waals surface area contributed by atoms with E-state index in [4.69, 9.17) is 9.47 Å². The highest BCUT2D eigenvalue weighted by atomic mass is 16.6. The Morgan fingerprint density at radius 1 is 1.15 bits per heavy atom. The highest BCUT2D eigenvalue weighted by Gasteiger charge is 2.47. The maximum Gasteiger partial charge on any atom is 0.410 e. The topological polar surface area (TPSA) is 79.9 Å². The predicted octanol–water partition coefficient (Wildman–Crippen LogP) is 4.53. The second-order valence-electron chi connectivity index (χ2n) is 9.65. The van der Waals surface area contributed by atoms with E-state index in [9.17, 15) is 9.59 Å².